The third-order valence-corrected chi connectivity index (χ3v) is 4.65. The Balaban J connectivity index is 2.45. The Morgan fingerprint density at radius 3 is 2.25 bits per heavy atom. The van der Waals surface area contributed by atoms with E-state index in [2.05, 4.69) is 5.32 Å². The summed E-state index contributed by atoms with van der Waals surface area (Å²) in [6, 6.07) is -0.185. The largest absolute Gasteiger partial charge is 0.333 e. The van der Waals surface area contributed by atoms with Crippen LogP contribution in [0.2, 0.25) is 0 Å². The van der Waals surface area contributed by atoms with Crippen LogP contribution in [0, 0.1) is 0 Å². The van der Waals surface area contributed by atoms with Gasteiger partial charge >= 0.3 is 6.03 Å². The lowest BCUT2D eigenvalue weighted by atomic mass is 10.1. The van der Waals surface area contributed by atoms with Crippen molar-refractivity contribution in [3.05, 3.63) is 0 Å². The molecular formula is C10H20N2O3S. The van der Waals surface area contributed by atoms with E-state index in [4.69, 9.17) is 0 Å². The molecule has 1 N–H and O–H groups in total. The molecule has 0 bridgehead atoms. The molecule has 0 aromatic heterocycles. The fourth-order valence-electron chi connectivity index (χ4n) is 1.47. The Morgan fingerprint density at radius 2 is 1.88 bits per heavy atom. The third-order valence-electron chi connectivity index (χ3n) is 2.53. The minimum atomic E-state index is -2.99. The molecule has 5 nitrogen and oxygen atoms in total. The lowest BCUT2D eigenvalue weighted by Gasteiger charge is -2.39. The molecule has 0 saturated carbocycles. The van der Waals surface area contributed by atoms with Gasteiger partial charge in [0, 0.05) is 24.4 Å². The van der Waals surface area contributed by atoms with E-state index in [1.54, 1.807) is 6.92 Å². The molecule has 1 rings (SSSR count). The zero-order valence-electron chi connectivity index (χ0n) is 10.3. The maximum atomic E-state index is 11.6. The van der Waals surface area contributed by atoms with Gasteiger partial charge in [-0.05, 0) is 20.8 Å². The molecule has 16 heavy (non-hydrogen) atoms. The Kier molecular flexibility index (Phi) is 3.52. The average molecular weight is 248 g/mol. The summed E-state index contributed by atoms with van der Waals surface area (Å²) in [6.07, 6.45) is 0. The number of rotatable bonds is 2. The second kappa shape index (κ2) is 4.24. The van der Waals surface area contributed by atoms with Gasteiger partial charge in [0.25, 0.3) is 0 Å². The highest BCUT2D eigenvalue weighted by Gasteiger charge is 2.39. The molecule has 1 fully saturated rings. The van der Waals surface area contributed by atoms with Gasteiger partial charge in [-0.1, -0.05) is 6.92 Å². The van der Waals surface area contributed by atoms with Crippen molar-refractivity contribution in [1.29, 1.82) is 0 Å². The molecule has 0 unspecified atom stereocenters. The predicted octanol–water partition coefficient (Wildman–Crippen LogP) is 0.613. The zero-order valence-corrected chi connectivity index (χ0v) is 11.1. The van der Waals surface area contributed by atoms with Crippen molar-refractivity contribution in [2.45, 2.75) is 38.5 Å². The topological polar surface area (TPSA) is 66.5 Å². The van der Waals surface area contributed by atoms with Crippen LogP contribution in [0.5, 0.6) is 0 Å². The van der Waals surface area contributed by atoms with Gasteiger partial charge in [-0.3, -0.25) is 0 Å². The first-order chi connectivity index (χ1) is 7.15. The Morgan fingerprint density at radius 1 is 1.38 bits per heavy atom. The number of nitrogens with zero attached hydrogens (tertiary/aromatic N) is 1. The van der Waals surface area contributed by atoms with Crippen molar-refractivity contribution < 1.29 is 13.2 Å². The van der Waals surface area contributed by atoms with E-state index in [0.717, 1.165) is 0 Å². The van der Waals surface area contributed by atoms with Crippen molar-refractivity contribution >= 4 is 15.9 Å². The van der Waals surface area contributed by atoms with Crippen LogP contribution in [0.3, 0.4) is 0 Å². The molecule has 94 valence electrons. The second-order valence-corrected chi connectivity index (χ2v) is 7.73. The fraction of sp³-hybridized carbons (Fsp3) is 0.900. The van der Waals surface area contributed by atoms with Gasteiger partial charge in [0.1, 0.15) is 0 Å². The first-order valence-corrected chi connectivity index (χ1v) is 7.16. The normalized spacial score (nSPS) is 18.1. The lowest BCUT2D eigenvalue weighted by molar-refractivity contribution is 0.161. The van der Waals surface area contributed by atoms with Crippen LogP contribution in [0.4, 0.5) is 4.79 Å². The molecular weight excluding hydrogens is 228 g/mol. The third kappa shape index (κ3) is 3.10. The van der Waals surface area contributed by atoms with Gasteiger partial charge in [0.2, 0.25) is 0 Å². The van der Waals surface area contributed by atoms with E-state index in [1.165, 1.54) is 4.90 Å². The van der Waals surface area contributed by atoms with Gasteiger partial charge in [-0.15, -0.1) is 0 Å². The fourth-order valence-corrected chi connectivity index (χ4v) is 2.75. The Hall–Kier alpha value is -0.780. The molecule has 0 aromatic rings. The number of amides is 2. The number of urea groups is 1. The summed E-state index contributed by atoms with van der Waals surface area (Å²) >= 11 is 0. The smallest absolute Gasteiger partial charge is 0.317 e. The standard InChI is InChI=1S/C10H20N2O3S/c1-5-16(14,15)8-6-12(7-8)9(13)11-10(2,3)4/h8H,5-7H2,1-4H3,(H,11,13). The number of hydrogen-bond acceptors (Lipinski definition) is 3. The molecule has 1 aliphatic heterocycles. The maximum absolute atomic E-state index is 11.6. The summed E-state index contributed by atoms with van der Waals surface area (Å²) in [5.74, 6) is 0.145. The lowest BCUT2D eigenvalue weighted by Crippen LogP contribution is -2.61. The highest BCUT2D eigenvalue weighted by molar-refractivity contribution is 7.92. The van der Waals surface area contributed by atoms with E-state index in [-0.39, 0.29) is 22.6 Å². The second-order valence-electron chi connectivity index (χ2n) is 5.16. The molecule has 0 aliphatic carbocycles. The highest BCUT2D eigenvalue weighted by atomic mass is 32.2. The van der Waals surface area contributed by atoms with Gasteiger partial charge in [-0.25, -0.2) is 13.2 Å². The molecule has 2 amide bonds. The van der Waals surface area contributed by atoms with E-state index in [1.807, 2.05) is 20.8 Å². The van der Waals surface area contributed by atoms with Crippen LogP contribution in [0.1, 0.15) is 27.7 Å². The highest BCUT2D eigenvalue weighted by Crippen LogP contribution is 2.17. The van der Waals surface area contributed by atoms with Gasteiger partial charge in [0.05, 0.1) is 5.25 Å². The quantitative estimate of drug-likeness (QED) is 0.778. The summed E-state index contributed by atoms with van der Waals surface area (Å²) in [6.45, 7) is 7.95. The average Bonchev–Trinajstić information content (AvgIpc) is 1.96. The predicted molar refractivity (Wildman–Crippen MR) is 63.1 cm³/mol. The molecule has 1 heterocycles. The minimum Gasteiger partial charge on any atom is -0.333 e. The van der Waals surface area contributed by atoms with E-state index in [0.29, 0.717) is 13.1 Å². The van der Waals surface area contributed by atoms with Crippen molar-refractivity contribution in [1.82, 2.24) is 10.2 Å². The molecule has 0 aromatic carbocycles. The summed E-state index contributed by atoms with van der Waals surface area (Å²) in [4.78, 5) is 13.2. The number of carbonyl (C=O) groups is 1. The zero-order chi connectivity index (χ0) is 12.6. The minimum absolute atomic E-state index is 0.145. The van der Waals surface area contributed by atoms with Crippen molar-refractivity contribution in [2.75, 3.05) is 18.8 Å². The van der Waals surface area contributed by atoms with Crippen LogP contribution in [-0.4, -0.2) is 49.0 Å². The summed E-state index contributed by atoms with van der Waals surface area (Å²) in [7, 11) is -2.99. The van der Waals surface area contributed by atoms with Crippen LogP contribution in [0.25, 0.3) is 0 Å². The number of sulfone groups is 1. The van der Waals surface area contributed by atoms with E-state index in [9.17, 15) is 13.2 Å². The first kappa shape index (κ1) is 13.3. The summed E-state index contributed by atoms with van der Waals surface area (Å²) in [5, 5.41) is 2.43. The number of carbonyl (C=O) groups excluding carboxylic acids is 1. The maximum Gasteiger partial charge on any atom is 0.317 e. The van der Waals surface area contributed by atoms with Crippen LogP contribution in [0.15, 0.2) is 0 Å². The van der Waals surface area contributed by atoms with Crippen molar-refractivity contribution in [3.8, 4) is 0 Å². The Labute approximate surface area is 97.1 Å². The van der Waals surface area contributed by atoms with Gasteiger partial charge < -0.3 is 10.2 Å². The number of likely N-dealkylation sites (tertiary alicyclic amines) is 1. The van der Waals surface area contributed by atoms with Crippen LogP contribution < -0.4 is 5.32 Å². The van der Waals surface area contributed by atoms with E-state index >= 15 is 0 Å². The molecule has 1 saturated heterocycles. The summed E-state index contributed by atoms with van der Waals surface area (Å²) in [5.41, 5.74) is -0.286. The molecule has 0 spiro atoms. The Bertz CT molecular complexity index is 364. The molecule has 6 heteroatoms. The van der Waals surface area contributed by atoms with Gasteiger partial charge in [0.15, 0.2) is 9.84 Å². The number of hydrogen-bond donors (Lipinski definition) is 1. The first-order valence-electron chi connectivity index (χ1n) is 5.44. The van der Waals surface area contributed by atoms with Crippen molar-refractivity contribution in [2.24, 2.45) is 0 Å². The molecule has 0 radical (unpaired) electrons. The SMILES string of the molecule is CCS(=O)(=O)C1CN(C(=O)NC(C)(C)C)C1. The van der Waals surface area contributed by atoms with Crippen LogP contribution >= 0.6 is 0 Å². The molecule has 1 aliphatic rings. The molecule has 0 atom stereocenters. The van der Waals surface area contributed by atoms with Crippen molar-refractivity contribution in [3.63, 3.8) is 0 Å². The van der Waals surface area contributed by atoms with E-state index < -0.39 is 9.84 Å². The number of nitrogens with one attached hydrogen (secondary N) is 1. The monoisotopic (exact) mass is 248 g/mol. The van der Waals surface area contributed by atoms with Gasteiger partial charge in [-0.2, -0.15) is 0 Å². The van der Waals surface area contributed by atoms with Crippen LogP contribution in [-0.2, 0) is 9.84 Å². The summed E-state index contributed by atoms with van der Waals surface area (Å²) < 4.78 is 23.0.